The number of aromatic nitrogens is 2. The molecule has 3 nitrogen and oxygen atoms in total. The number of rotatable bonds is 4. The third kappa shape index (κ3) is 3.48. The molecule has 4 heteroatoms. The number of nitrogens with zero attached hydrogens (tertiary/aromatic N) is 2. The van der Waals surface area contributed by atoms with Gasteiger partial charge in [0, 0.05) is 0 Å². The van der Waals surface area contributed by atoms with Crippen LogP contribution in [0.1, 0.15) is 32.9 Å². The lowest BCUT2D eigenvalue weighted by atomic mass is 10.4. The number of aryl methyl sites for hydroxylation is 1. The number of hydrogen-bond donors (Lipinski definition) is 1. The largest absolute Gasteiger partial charge is 1.00 e. The molecule has 1 rings (SSSR count). The molecule has 1 aromatic heterocycles. The molecule has 0 spiro atoms. The van der Waals surface area contributed by atoms with Crippen LogP contribution in [-0.4, -0.2) is 4.57 Å². The van der Waals surface area contributed by atoms with E-state index in [1.165, 1.54) is 0 Å². The van der Waals surface area contributed by atoms with Crippen molar-refractivity contribution < 1.29 is 21.5 Å². The predicted molar refractivity (Wildman–Crippen MR) is 48.4 cm³/mol. The summed E-state index contributed by atoms with van der Waals surface area (Å²) >= 11 is 0. The maximum Gasteiger partial charge on any atom is 0.245 e. The van der Waals surface area contributed by atoms with E-state index < -0.39 is 0 Å². The Morgan fingerprint density at radius 2 is 2.15 bits per heavy atom. The first-order valence-electron chi connectivity index (χ1n) is 4.60. The van der Waals surface area contributed by atoms with Crippen molar-refractivity contribution in [1.29, 1.82) is 0 Å². The van der Waals surface area contributed by atoms with Crippen molar-refractivity contribution in [2.45, 2.75) is 39.4 Å². The minimum atomic E-state index is 0. The quantitative estimate of drug-likeness (QED) is 0.618. The summed E-state index contributed by atoms with van der Waals surface area (Å²) in [6.07, 6.45) is 8.43. The van der Waals surface area contributed by atoms with Crippen molar-refractivity contribution >= 4 is 0 Å². The average Bonchev–Trinajstić information content (AvgIpc) is 2.52. The predicted octanol–water partition coefficient (Wildman–Crippen LogP) is -1.94. The standard InChI is InChI=1S/C9H18N3.BrH/c1-3-5-11-6-7-12(8-11)9(10)4-2;/h6-9H,3-5,10H2,1-2H3;1H/q+1;/p-1. The first kappa shape index (κ1) is 12.7. The van der Waals surface area contributed by atoms with E-state index in [9.17, 15) is 0 Å². The van der Waals surface area contributed by atoms with Crippen LogP contribution in [-0.2, 0) is 6.54 Å². The molecule has 0 aliphatic carbocycles. The minimum Gasteiger partial charge on any atom is -1.00 e. The van der Waals surface area contributed by atoms with Crippen LogP contribution in [0.15, 0.2) is 18.7 Å². The Bertz CT molecular complexity index is 235. The molecule has 2 N–H and O–H groups in total. The first-order valence-corrected chi connectivity index (χ1v) is 4.60. The maximum atomic E-state index is 5.85. The highest BCUT2D eigenvalue weighted by Gasteiger charge is 2.08. The van der Waals surface area contributed by atoms with Crippen LogP contribution in [0.3, 0.4) is 0 Å². The minimum absolute atomic E-state index is 0. The summed E-state index contributed by atoms with van der Waals surface area (Å²) < 4.78 is 4.21. The van der Waals surface area contributed by atoms with Gasteiger partial charge in [-0.15, -0.1) is 0 Å². The number of imidazole rings is 1. The monoisotopic (exact) mass is 247 g/mol. The van der Waals surface area contributed by atoms with Crippen molar-refractivity contribution in [3.63, 3.8) is 0 Å². The van der Waals surface area contributed by atoms with E-state index in [0.29, 0.717) is 0 Å². The van der Waals surface area contributed by atoms with Crippen molar-refractivity contribution in [2.75, 3.05) is 0 Å². The van der Waals surface area contributed by atoms with Gasteiger partial charge in [0.25, 0.3) is 0 Å². The lowest BCUT2D eigenvalue weighted by molar-refractivity contribution is -0.696. The van der Waals surface area contributed by atoms with Crippen LogP contribution < -0.4 is 27.3 Å². The van der Waals surface area contributed by atoms with E-state index in [1.807, 2.05) is 6.20 Å². The van der Waals surface area contributed by atoms with Gasteiger partial charge in [-0.25, -0.2) is 9.13 Å². The normalized spacial score (nSPS) is 12.2. The smallest absolute Gasteiger partial charge is 0.245 e. The Labute approximate surface area is 90.3 Å². The zero-order valence-corrected chi connectivity index (χ0v) is 9.87. The van der Waals surface area contributed by atoms with Gasteiger partial charge in [0.05, 0.1) is 6.54 Å². The fraction of sp³-hybridized carbons (Fsp3) is 0.667. The third-order valence-electron chi connectivity index (χ3n) is 1.99. The summed E-state index contributed by atoms with van der Waals surface area (Å²) in [5, 5.41) is 0. The number of hydrogen-bond acceptors (Lipinski definition) is 1. The van der Waals surface area contributed by atoms with Gasteiger partial charge in [-0.2, -0.15) is 0 Å². The SMILES string of the molecule is CCC[n+]1ccn(C(N)CC)c1.[Br-]. The Hall–Kier alpha value is -0.350. The summed E-state index contributed by atoms with van der Waals surface area (Å²) in [4.78, 5) is 0. The molecule has 0 aromatic carbocycles. The second-order valence-corrected chi connectivity index (χ2v) is 3.07. The van der Waals surface area contributed by atoms with Gasteiger partial charge in [0.15, 0.2) is 0 Å². The van der Waals surface area contributed by atoms with Crippen molar-refractivity contribution in [3.05, 3.63) is 18.7 Å². The molecule has 0 saturated carbocycles. The zero-order chi connectivity index (χ0) is 8.97. The van der Waals surface area contributed by atoms with E-state index in [1.54, 1.807) is 0 Å². The maximum absolute atomic E-state index is 5.85. The van der Waals surface area contributed by atoms with Gasteiger partial charge in [-0.3, -0.25) is 5.73 Å². The molecule has 0 fully saturated rings. The van der Waals surface area contributed by atoms with Crippen LogP contribution in [0.4, 0.5) is 0 Å². The van der Waals surface area contributed by atoms with E-state index in [-0.39, 0.29) is 23.1 Å². The summed E-state index contributed by atoms with van der Waals surface area (Å²) in [5.74, 6) is 0. The molecule has 0 bridgehead atoms. The lowest BCUT2D eigenvalue weighted by Gasteiger charge is -2.02. The molecule has 1 unspecified atom stereocenters. The Kier molecular flexibility index (Phi) is 5.99. The number of halogens is 1. The van der Waals surface area contributed by atoms with Crippen molar-refractivity contribution in [3.8, 4) is 0 Å². The van der Waals surface area contributed by atoms with Crippen molar-refractivity contribution in [2.24, 2.45) is 5.73 Å². The van der Waals surface area contributed by atoms with Crippen LogP contribution >= 0.6 is 0 Å². The highest BCUT2D eigenvalue weighted by Crippen LogP contribution is 2.00. The van der Waals surface area contributed by atoms with E-state index in [4.69, 9.17) is 5.73 Å². The summed E-state index contributed by atoms with van der Waals surface area (Å²) in [7, 11) is 0. The van der Waals surface area contributed by atoms with Gasteiger partial charge in [0.1, 0.15) is 18.6 Å². The highest BCUT2D eigenvalue weighted by atomic mass is 79.9. The first-order chi connectivity index (χ1) is 5.77. The second kappa shape index (κ2) is 6.16. The second-order valence-electron chi connectivity index (χ2n) is 3.07. The van der Waals surface area contributed by atoms with Gasteiger partial charge in [-0.05, 0) is 12.8 Å². The Morgan fingerprint density at radius 3 is 2.69 bits per heavy atom. The zero-order valence-electron chi connectivity index (χ0n) is 8.28. The average molecular weight is 248 g/mol. The lowest BCUT2D eigenvalue weighted by Crippen LogP contribution is -3.00. The van der Waals surface area contributed by atoms with Crippen LogP contribution in [0.5, 0.6) is 0 Å². The van der Waals surface area contributed by atoms with E-state index in [0.717, 1.165) is 19.4 Å². The Balaban J connectivity index is 0.00000144. The molecule has 0 amide bonds. The fourth-order valence-corrected chi connectivity index (χ4v) is 1.21. The summed E-state index contributed by atoms with van der Waals surface area (Å²) in [6, 6.07) is 0. The molecule has 0 aliphatic heterocycles. The van der Waals surface area contributed by atoms with Crippen LogP contribution in [0.2, 0.25) is 0 Å². The van der Waals surface area contributed by atoms with Crippen molar-refractivity contribution in [1.82, 2.24) is 4.57 Å². The molecule has 76 valence electrons. The topological polar surface area (TPSA) is 34.8 Å². The Morgan fingerprint density at radius 1 is 1.46 bits per heavy atom. The molecule has 0 saturated heterocycles. The molecular formula is C9H18BrN3. The molecule has 1 atom stereocenters. The van der Waals surface area contributed by atoms with Gasteiger partial charge in [0.2, 0.25) is 6.33 Å². The summed E-state index contributed by atoms with van der Waals surface area (Å²) in [6.45, 7) is 5.34. The van der Waals surface area contributed by atoms with Gasteiger partial charge in [-0.1, -0.05) is 13.8 Å². The molecule has 0 radical (unpaired) electrons. The third-order valence-corrected chi connectivity index (χ3v) is 1.99. The van der Waals surface area contributed by atoms with Gasteiger partial charge >= 0.3 is 0 Å². The fourth-order valence-electron chi connectivity index (χ4n) is 1.21. The molecule has 0 aliphatic rings. The summed E-state index contributed by atoms with van der Waals surface area (Å²) in [5.41, 5.74) is 5.85. The molecule has 1 heterocycles. The van der Waals surface area contributed by atoms with E-state index >= 15 is 0 Å². The van der Waals surface area contributed by atoms with Gasteiger partial charge < -0.3 is 17.0 Å². The molecule has 1 aromatic rings. The van der Waals surface area contributed by atoms with Crippen LogP contribution in [0, 0.1) is 0 Å². The number of nitrogens with two attached hydrogens (primary N) is 1. The van der Waals surface area contributed by atoms with Crippen LogP contribution in [0.25, 0.3) is 0 Å². The molecule has 13 heavy (non-hydrogen) atoms. The van der Waals surface area contributed by atoms with E-state index in [2.05, 4.69) is 35.5 Å². The highest BCUT2D eigenvalue weighted by molar-refractivity contribution is 4.70. The molecular weight excluding hydrogens is 230 g/mol.